The second-order valence-electron chi connectivity index (χ2n) is 6.33. The van der Waals surface area contributed by atoms with Crippen molar-refractivity contribution in [1.82, 2.24) is 10.2 Å². The number of amides is 2. The van der Waals surface area contributed by atoms with Crippen molar-refractivity contribution < 1.29 is 28.6 Å². The van der Waals surface area contributed by atoms with Gasteiger partial charge in [-0.15, -0.1) is 0 Å². The molecule has 0 saturated carbocycles. The van der Waals surface area contributed by atoms with Gasteiger partial charge in [0, 0.05) is 13.1 Å². The number of ether oxygens (including phenoxy) is 3. The van der Waals surface area contributed by atoms with Gasteiger partial charge in [-0.25, -0.2) is 0 Å². The number of hydrogen-bond acceptors (Lipinski definition) is 6. The summed E-state index contributed by atoms with van der Waals surface area (Å²) in [5.74, 6) is -0.965. The minimum absolute atomic E-state index is 0.0573. The molecule has 148 valence electrons. The van der Waals surface area contributed by atoms with Gasteiger partial charge in [0.15, 0.2) is 6.61 Å². The quantitative estimate of drug-likeness (QED) is 0.711. The summed E-state index contributed by atoms with van der Waals surface area (Å²) in [4.78, 5) is 37.8. The van der Waals surface area contributed by atoms with Crippen LogP contribution in [0, 0.1) is 0 Å². The van der Waals surface area contributed by atoms with Gasteiger partial charge in [0.05, 0.1) is 24.4 Å². The Morgan fingerprint density at radius 3 is 2.52 bits per heavy atom. The zero-order valence-corrected chi connectivity index (χ0v) is 15.9. The highest BCUT2D eigenvalue weighted by Gasteiger charge is 2.26. The van der Waals surface area contributed by atoms with E-state index in [0.717, 1.165) is 0 Å². The van der Waals surface area contributed by atoms with Crippen molar-refractivity contribution in [2.45, 2.75) is 33.0 Å². The highest BCUT2D eigenvalue weighted by Crippen LogP contribution is 2.17. The van der Waals surface area contributed by atoms with Crippen LogP contribution in [0.2, 0.25) is 0 Å². The molecule has 27 heavy (non-hydrogen) atoms. The fourth-order valence-corrected chi connectivity index (χ4v) is 2.85. The Bertz CT molecular complexity index is 668. The third-order valence-corrected chi connectivity index (χ3v) is 3.95. The van der Waals surface area contributed by atoms with Gasteiger partial charge in [0.25, 0.3) is 11.8 Å². The van der Waals surface area contributed by atoms with Gasteiger partial charge in [-0.2, -0.15) is 0 Å². The second-order valence-corrected chi connectivity index (χ2v) is 6.33. The summed E-state index contributed by atoms with van der Waals surface area (Å²) in [5.41, 5.74) is 0.333. The van der Waals surface area contributed by atoms with Crippen LogP contribution >= 0.6 is 0 Å². The minimum atomic E-state index is -0.681. The highest BCUT2D eigenvalue weighted by molar-refractivity contribution is 5.98. The van der Waals surface area contributed by atoms with E-state index in [1.165, 1.54) is 0 Å². The average molecular weight is 378 g/mol. The van der Waals surface area contributed by atoms with Crippen LogP contribution in [-0.4, -0.2) is 67.7 Å². The van der Waals surface area contributed by atoms with Crippen molar-refractivity contribution in [2.75, 3.05) is 32.8 Å². The van der Waals surface area contributed by atoms with Crippen molar-refractivity contribution in [1.29, 1.82) is 0 Å². The van der Waals surface area contributed by atoms with Crippen LogP contribution in [0.25, 0.3) is 0 Å². The molecule has 0 radical (unpaired) electrons. The van der Waals surface area contributed by atoms with Gasteiger partial charge in [-0.3, -0.25) is 14.4 Å². The zero-order chi connectivity index (χ0) is 19.8. The Morgan fingerprint density at radius 1 is 1.19 bits per heavy atom. The Balaban J connectivity index is 1.77. The summed E-state index contributed by atoms with van der Waals surface area (Å²) >= 11 is 0. The van der Waals surface area contributed by atoms with E-state index in [4.69, 9.17) is 14.2 Å². The molecule has 1 fully saturated rings. The van der Waals surface area contributed by atoms with Crippen LogP contribution in [-0.2, 0) is 19.1 Å². The fraction of sp³-hybridized carbons (Fsp3) is 0.526. The van der Waals surface area contributed by atoms with E-state index in [1.807, 2.05) is 20.8 Å². The Kier molecular flexibility index (Phi) is 7.60. The van der Waals surface area contributed by atoms with Gasteiger partial charge in [-0.1, -0.05) is 12.1 Å². The lowest BCUT2D eigenvalue weighted by Crippen LogP contribution is -2.49. The Labute approximate surface area is 158 Å². The van der Waals surface area contributed by atoms with Crippen molar-refractivity contribution >= 4 is 17.8 Å². The molecular formula is C19H26N2O6. The number of esters is 1. The average Bonchev–Trinajstić information content (AvgIpc) is 2.64. The number of hydrogen-bond donors (Lipinski definition) is 1. The third-order valence-electron chi connectivity index (χ3n) is 3.95. The van der Waals surface area contributed by atoms with E-state index in [0.29, 0.717) is 31.0 Å². The largest absolute Gasteiger partial charge is 0.493 e. The van der Waals surface area contributed by atoms with Crippen LogP contribution < -0.4 is 10.1 Å². The van der Waals surface area contributed by atoms with E-state index >= 15 is 0 Å². The number of carbonyl (C=O) groups excluding carboxylic acids is 3. The van der Waals surface area contributed by atoms with Crippen molar-refractivity contribution in [2.24, 2.45) is 0 Å². The molecular weight excluding hydrogens is 352 g/mol. The highest BCUT2D eigenvalue weighted by atomic mass is 16.5. The molecule has 1 heterocycles. The van der Waals surface area contributed by atoms with E-state index in [-0.39, 0.29) is 31.3 Å². The maximum atomic E-state index is 12.2. The van der Waals surface area contributed by atoms with Gasteiger partial charge in [0.2, 0.25) is 0 Å². The molecule has 1 aromatic rings. The third kappa shape index (κ3) is 6.25. The van der Waals surface area contributed by atoms with Crippen LogP contribution in [0.5, 0.6) is 5.75 Å². The van der Waals surface area contributed by atoms with E-state index in [9.17, 15) is 14.4 Å². The molecule has 8 nitrogen and oxygen atoms in total. The molecule has 2 rings (SSSR count). The number of nitrogens with zero attached hydrogens (tertiary/aromatic N) is 1. The van der Waals surface area contributed by atoms with Gasteiger partial charge in [-0.05, 0) is 32.9 Å². The first kappa shape index (κ1) is 20.7. The van der Waals surface area contributed by atoms with Gasteiger partial charge >= 0.3 is 5.97 Å². The summed E-state index contributed by atoms with van der Waals surface area (Å²) in [6.45, 7) is 6.25. The molecule has 1 aliphatic heterocycles. The van der Waals surface area contributed by atoms with E-state index in [2.05, 4.69) is 5.32 Å². The standard InChI is InChI=1S/C19H26N2O6/c1-4-25-16-8-6-5-7-15(16)19(24)20-9-18(23)26-12-17(22)21-10-13(2)27-14(3)11-21/h5-8,13-14H,4,9-12H2,1-3H3,(H,20,24)/t13-,14+. The minimum Gasteiger partial charge on any atom is -0.493 e. The first-order valence-electron chi connectivity index (χ1n) is 8.99. The SMILES string of the molecule is CCOc1ccccc1C(=O)NCC(=O)OCC(=O)N1C[C@@H](C)O[C@@H](C)C1. The Hall–Kier alpha value is -2.61. The summed E-state index contributed by atoms with van der Waals surface area (Å²) in [5, 5.41) is 2.48. The molecule has 0 aliphatic carbocycles. The normalized spacial score (nSPS) is 19.3. The number of para-hydroxylation sites is 1. The van der Waals surface area contributed by atoms with Crippen molar-refractivity contribution in [3.63, 3.8) is 0 Å². The number of benzene rings is 1. The van der Waals surface area contributed by atoms with Crippen molar-refractivity contribution in [3.05, 3.63) is 29.8 Å². The van der Waals surface area contributed by atoms with Crippen LogP contribution in [0.3, 0.4) is 0 Å². The molecule has 2 amide bonds. The van der Waals surface area contributed by atoms with Gasteiger partial charge < -0.3 is 24.4 Å². The summed E-state index contributed by atoms with van der Waals surface area (Å²) in [7, 11) is 0. The molecule has 0 spiro atoms. The first-order chi connectivity index (χ1) is 12.9. The molecule has 0 bridgehead atoms. The maximum absolute atomic E-state index is 12.2. The first-order valence-corrected chi connectivity index (χ1v) is 8.99. The van der Waals surface area contributed by atoms with E-state index in [1.54, 1.807) is 29.2 Å². The monoisotopic (exact) mass is 378 g/mol. The molecule has 8 heteroatoms. The molecule has 1 aliphatic rings. The lowest BCUT2D eigenvalue weighted by Gasteiger charge is -2.35. The summed E-state index contributed by atoms with van der Waals surface area (Å²) in [6, 6.07) is 6.75. The summed E-state index contributed by atoms with van der Waals surface area (Å²) < 4.78 is 15.9. The predicted octanol–water partition coefficient (Wildman–Crippen LogP) is 0.994. The number of rotatable bonds is 7. The lowest BCUT2D eigenvalue weighted by atomic mass is 10.2. The van der Waals surface area contributed by atoms with E-state index < -0.39 is 11.9 Å². The predicted molar refractivity (Wildman–Crippen MR) is 97.5 cm³/mol. The maximum Gasteiger partial charge on any atom is 0.325 e. The van der Waals surface area contributed by atoms with Gasteiger partial charge in [0.1, 0.15) is 12.3 Å². The molecule has 1 N–H and O–H groups in total. The number of nitrogens with one attached hydrogen (secondary N) is 1. The number of carbonyl (C=O) groups is 3. The topological polar surface area (TPSA) is 94.2 Å². The second kappa shape index (κ2) is 9.91. The van der Waals surface area contributed by atoms with Crippen LogP contribution in [0.1, 0.15) is 31.1 Å². The smallest absolute Gasteiger partial charge is 0.325 e. The molecule has 2 atom stereocenters. The van der Waals surface area contributed by atoms with Crippen LogP contribution in [0.15, 0.2) is 24.3 Å². The summed E-state index contributed by atoms with van der Waals surface area (Å²) in [6.07, 6.45) is -0.115. The number of morpholine rings is 1. The van der Waals surface area contributed by atoms with Crippen LogP contribution in [0.4, 0.5) is 0 Å². The molecule has 0 aromatic heterocycles. The molecule has 1 saturated heterocycles. The molecule has 0 unspecified atom stereocenters. The van der Waals surface area contributed by atoms with Crippen molar-refractivity contribution in [3.8, 4) is 5.75 Å². The zero-order valence-electron chi connectivity index (χ0n) is 15.9. The Morgan fingerprint density at radius 2 is 1.85 bits per heavy atom. The lowest BCUT2D eigenvalue weighted by molar-refractivity contribution is -0.156. The fourth-order valence-electron chi connectivity index (χ4n) is 2.85. The molecule has 1 aromatic carbocycles.